The van der Waals surface area contributed by atoms with Crippen LogP contribution in [0.4, 0.5) is 0 Å². The van der Waals surface area contributed by atoms with Crippen molar-refractivity contribution in [2.24, 2.45) is 5.92 Å². The third-order valence-electron chi connectivity index (χ3n) is 5.42. The van der Waals surface area contributed by atoms with Crippen LogP contribution in [0.25, 0.3) is 11.1 Å². The summed E-state index contributed by atoms with van der Waals surface area (Å²) < 4.78 is 40.1. The van der Waals surface area contributed by atoms with Crippen molar-refractivity contribution in [1.82, 2.24) is 4.31 Å². The molecule has 170 valence electrons. The van der Waals surface area contributed by atoms with Crippen molar-refractivity contribution in [3.05, 3.63) is 90.0 Å². The van der Waals surface area contributed by atoms with Crippen molar-refractivity contribution in [3.8, 4) is 11.1 Å². The molecule has 0 aliphatic heterocycles. The molecule has 3 rings (SSSR count). The SMILES string of the molecule is CC(C)CN([C@@H](C)c1ccc(-c2cccc(S(C)=O)c2)cc1)S(=O)(=O)Cc1ccccc1. The van der Waals surface area contributed by atoms with E-state index >= 15 is 0 Å². The zero-order chi connectivity index (χ0) is 23.3. The van der Waals surface area contributed by atoms with Crippen LogP contribution in [0.15, 0.2) is 83.8 Å². The number of rotatable bonds is 9. The summed E-state index contributed by atoms with van der Waals surface area (Å²) in [6, 6.07) is 24.7. The molecule has 4 nitrogen and oxygen atoms in total. The smallest absolute Gasteiger partial charge is 0.218 e. The first kappa shape index (κ1) is 24.4. The zero-order valence-corrected chi connectivity index (χ0v) is 20.7. The molecule has 0 amide bonds. The van der Waals surface area contributed by atoms with Crippen LogP contribution in [0, 0.1) is 5.92 Å². The van der Waals surface area contributed by atoms with E-state index in [0.29, 0.717) is 6.54 Å². The van der Waals surface area contributed by atoms with Crippen LogP contribution in [0.2, 0.25) is 0 Å². The highest BCUT2D eigenvalue weighted by Crippen LogP contribution is 2.29. The lowest BCUT2D eigenvalue weighted by Gasteiger charge is -2.30. The molecule has 0 heterocycles. The van der Waals surface area contributed by atoms with Crippen molar-refractivity contribution in [1.29, 1.82) is 0 Å². The Morgan fingerprint density at radius 1 is 0.844 bits per heavy atom. The molecule has 0 saturated carbocycles. The first-order valence-corrected chi connectivity index (χ1v) is 13.9. The number of nitrogens with zero attached hydrogens (tertiary/aromatic N) is 1. The van der Waals surface area contributed by atoms with Gasteiger partial charge in [-0.05, 0) is 47.2 Å². The fraction of sp³-hybridized carbons (Fsp3) is 0.308. The van der Waals surface area contributed by atoms with Gasteiger partial charge in [-0.15, -0.1) is 0 Å². The number of sulfonamides is 1. The average molecular weight is 470 g/mol. The average Bonchev–Trinajstić information content (AvgIpc) is 2.77. The molecular formula is C26H31NO3S2. The molecular weight excluding hydrogens is 438 g/mol. The molecule has 0 saturated heterocycles. The van der Waals surface area contributed by atoms with E-state index in [0.717, 1.165) is 27.1 Å². The van der Waals surface area contributed by atoms with Gasteiger partial charge in [0.25, 0.3) is 0 Å². The van der Waals surface area contributed by atoms with Crippen LogP contribution in [0.3, 0.4) is 0 Å². The molecule has 1 unspecified atom stereocenters. The number of benzene rings is 3. The van der Waals surface area contributed by atoms with E-state index in [2.05, 4.69) is 0 Å². The molecule has 3 aromatic rings. The van der Waals surface area contributed by atoms with Gasteiger partial charge in [0, 0.05) is 34.5 Å². The third-order valence-corrected chi connectivity index (χ3v) is 8.21. The van der Waals surface area contributed by atoms with Crippen LogP contribution < -0.4 is 0 Å². The maximum atomic E-state index is 13.3. The first-order chi connectivity index (χ1) is 15.2. The Balaban J connectivity index is 1.87. The van der Waals surface area contributed by atoms with Gasteiger partial charge < -0.3 is 0 Å². The lowest BCUT2D eigenvalue weighted by molar-refractivity contribution is 0.308. The molecule has 2 atom stereocenters. The second-order valence-corrected chi connectivity index (χ2v) is 11.8. The van der Waals surface area contributed by atoms with Gasteiger partial charge in [-0.3, -0.25) is 4.21 Å². The van der Waals surface area contributed by atoms with E-state index in [1.165, 1.54) is 0 Å². The topological polar surface area (TPSA) is 54.5 Å². The normalized spacial score (nSPS) is 13.9. The summed E-state index contributed by atoms with van der Waals surface area (Å²) in [4.78, 5) is 0.787. The summed E-state index contributed by atoms with van der Waals surface area (Å²) >= 11 is 0. The minimum absolute atomic E-state index is 0.00999. The lowest BCUT2D eigenvalue weighted by Crippen LogP contribution is -2.37. The summed E-state index contributed by atoms with van der Waals surface area (Å²) in [7, 11) is -4.53. The van der Waals surface area contributed by atoms with Gasteiger partial charge in [0.15, 0.2) is 0 Å². The molecule has 0 aromatic heterocycles. The highest BCUT2D eigenvalue weighted by molar-refractivity contribution is 7.88. The van der Waals surface area contributed by atoms with Crippen molar-refractivity contribution in [2.45, 2.75) is 37.5 Å². The van der Waals surface area contributed by atoms with E-state index in [9.17, 15) is 12.6 Å². The quantitative estimate of drug-likeness (QED) is 0.407. The summed E-state index contributed by atoms with van der Waals surface area (Å²) in [5.41, 5.74) is 3.74. The molecule has 0 fully saturated rings. The molecule has 6 heteroatoms. The van der Waals surface area contributed by atoms with Crippen molar-refractivity contribution < 1.29 is 12.6 Å². The van der Waals surface area contributed by atoms with Crippen molar-refractivity contribution in [3.63, 3.8) is 0 Å². The summed E-state index contributed by atoms with van der Waals surface area (Å²) in [6.45, 7) is 6.47. The fourth-order valence-electron chi connectivity index (χ4n) is 3.72. The standard InChI is InChI=1S/C26H31NO3S2/c1-20(2)18-27(32(29,30)19-22-9-6-5-7-10-22)21(3)23-13-15-24(16-14-23)25-11-8-12-26(17-25)31(4)28/h5-17,20-21H,18-19H2,1-4H3/t21-,31?/m0/s1. The van der Waals surface area contributed by atoms with Crippen molar-refractivity contribution in [2.75, 3.05) is 12.8 Å². The van der Waals surface area contributed by atoms with Crippen LogP contribution in [0.1, 0.15) is 37.9 Å². The minimum Gasteiger partial charge on any atom is -0.255 e. The second kappa shape index (κ2) is 10.6. The molecule has 3 aromatic carbocycles. The molecule has 0 aliphatic rings. The maximum absolute atomic E-state index is 13.3. The highest BCUT2D eigenvalue weighted by atomic mass is 32.2. The van der Waals surface area contributed by atoms with Crippen LogP contribution in [-0.4, -0.2) is 29.7 Å². The molecule has 0 radical (unpaired) electrons. The van der Waals surface area contributed by atoms with E-state index in [-0.39, 0.29) is 17.7 Å². The maximum Gasteiger partial charge on any atom is 0.218 e. The molecule has 0 spiro atoms. The van der Waals surface area contributed by atoms with Gasteiger partial charge in [-0.2, -0.15) is 4.31 Å². The predicted molar refractivity (Wildman–Crippen MR) is 133 cm³/mol. The van der Waals surface area contributed by atoms with Gasteiger partial charge in [0.05, 0.1) is 5.75 Å². The van der Waals surface area contributed by atoms with Gasteiger partial charge in [0.2, 0.25) is 10.0 Å². The Hall–Kier alpha value is -2.28. The Labute approximate surface area is 194 Å². The van der Waals surface area contributed by atoms with Gasteiger partial charge >= 0.3 is 0 Å². The van der Waals surface area contributed by atoms with E-state index in [1.54, 1.807) is 10.6 Å². The van der Waals surface area contributed by atoms with Crippen LogP contribution in [-0.2, 0) is 26.6 Å². The highest BCUT2D eigenvalue weighted by Gasteiger charge is 2.29. The Bertz CT molecular complexity index is 1160. The number of hydrogen-bond donors (Lipinski definition) is 0. The predicted octanol–water partition coefficient (Wildman–Crippen LogP) is 5.64. The van der Waals surface area contributed by atoms with E-state index < -0.39 is 20.8 Å². The summed E-state index contributed by atoms with van der Waals surface area (Å²) in [6.07, 6.45) is 1.67. The van der Waals surface area contributed by atoms with E-state index in [1.807, 2.05) is 99.6 Å². The minimum atomic E-state index is -3.50. The van der Waals surface area contributed by atoms with Crippen molar-refractivity contribution >= 4 is 20.8 Å². The molecule has 0 aliphatic carbocycles. The van der Waals surface area contributed by atoms with Gasteiger partial charge in [-0.1, -0.05) is 80.6 Å². The molecule has 32 heavy (non-hydrogen) atoms. The second-order valence-electron chi connectivity index (χ2n) is 8.49. The number of hydrogen-bond acceptors (Lipinski definition) is 3. The van der Waals surface area contributed by atoms with Gasteiger partial charge in [-0.25, -0.2) is 8.42 Å². The van der Waals surface area contributed by atoms with Crippen LogP contribution in [0.5, 0.6) is 0 Å². The summed E-state index contributed by atoms with van der Waals surface area (Å²) in [5, 5.41) is 0. The Morgan fingerprint density at radius 3 is 2.09 bits per heavy atom. The largest absolute Gasteiger partial charge is 0.255 e. The Kier molecular flexibility index (Phi) is 8.04. The summed E-state index contributed by atoms with van der Waals surface area (Å²) in [5.74, 6) is 0.198. The Morgan fingerprint density at radius 2 is 1.50 bits per heavy atom. The first-order valence-electron chi connectivity index (χ1n) is 10.7. The molecule has 0 N–H and O–H groups in total. The fourth-order valence-corrected chi connectivity index (χ4v) is 6.19. The third kappa shape index (κ3) is 6.15. The van der Waals surface area contributed by atoms with Crippen LogP contribution >= 0.6 is 0 Å². The van der Waals surface area contributed by atoms with E-state index in [4.69, 9.17) is 0 Å². The molecule has 0 bridgehead atoms. The van der Waals surface area contributed by atoms with Gasteiger partial charge in [0.1, 0.15) is 0 Å². The lowest BCUT2D eigenvalue weighted by atomic mass is 10.0. The monoisotopic (exact) mass is 469 g/mol. The zero-order valence-electron chi connectivity index (χ0n) is 19.1.